The molecule has 0 spiro atoms. The predicted octanol–water partition coefficient (Wildman–Crippen LogP) is 5.97. The lowest BCUT2D eigenvalue weighted by Crippen LogP contribution is -2.53. The molecule has 0 saturated heterocycles. The molecule has 0 heterocycles. The van der Waals surface area contributed by atoms with Gasteiger partial charge in [-0.05, 0) is 48.4 Å². The van der Waals surface area contributed by atoms with Crippen molar-refractivity contribution < 1.29 is 18.0 Å². The van der Waals surface area contributed by atoms with Gasteiger partial charge in [0.1, 0.15) is 12.6 Å². The highest BCUT2D eigenvalue weighted by atomic mass is 35.5. The number of hydrogen-bond acceptors (Lipinski definition) is 4. The zero-order valence-electron chi connectivity index (χ0n) is 22.3. The van der Waals surface area contributed by atoms with E-state index in [1.165, 1.54) is 17.0 Å². The van der Waals surface area contributed by atoms with Crippen LogP contribution in [0.3, 0.4) is 0 Å². The van der Waals surface area contributed by atoms with Crippen LogP contribution in [-0.4, -0.2) is 50.5 Å². The first-order valence-electron chi connectivity index (χ1n) is 12.8. The molecule has 0 aliphatic rings. The lowest BCUT2D eigenvalue weighted by atomic mass is 10.0. The van der Waals surface area contributed by atoms with Gasteiger partial charge in [0, 0.05) is 40.1 Å². The van der Waals surface area contributed by atoms with Crippen LogP contribution in [0, 0.1) is 0 Å². The van der Waals surface area contributed by atoms with E-state index in [2.05, 4.69) is 5.32 Å². The number of unbranched alkanes of at least 4 members (excludes halogenated alkanes) is 1. The highest BCUT2D eigenvalue weighted by Crippen LogP contribution is 2.28. The van der Waals surface area contributed by atoms with Gasteiger partial charge in [-0.1, -0.05) is 84.5 Å². The fourth-order valence-corrected chi connectivity index (χ4v) is 5.63. The number of carbonyl (C=O) groups excluding carboxylic acids is 2. The quantitative estimate of drug-likeness (QED) is 0.238. The third-order valence-electron chi connectivity index (χ3n) is 6.28. The number of halogens is 3. The molecule has 0 radical (unpaired) electrons. The molecule has 0 saturated carbocycles. The third-order valence-corrected chi connectivity index (χ3v) is 8.39. The maximum absolute atomic E-state index is 14.1. The van der Waals surface area contributed by atoms with E-state index in [4.69, 9.17) is 34.8 Å². The summed E-state index contributed by atoms with van der Waals surface area (Å²) in [5, 5.41) is 4.01. The smallest absolute Gasteiger partial charge is 0.244 e. The van der Waals surface area contributed by atoms with Gasteiger partial charge >= 0.3 is 0 Å². The molecular formula is C29H32Cl3N3O4S. The van der Waals surface area contributed by atoms with Crippen LogP contribution in [-0.2, 0) is 32.6 Å². The molecular weight excluding hydrogens is 593 g/mol. The molecule has 11 heteroatoms. The van der Waals surface area contributed by atoms with E-state index in [0.29, 0.717) is 27.2 Å². The normalized spacial score (nSPS) is 12.0. The van der Waals surface area contributed by atoms with E-state index >= 15 is 0 Å². The molecule has 1 atom stereocenters. The number of rotatable bonds is 13. The number of amides is 2. The molecule has 0 aliphatic carbocycles. The Morgan fingerprint density at radius 3 is 2.10 bits per heavy atom. The number of nitrogens with one attached hydrogen (secondary N) is 1. The van der Waals surface area contributed by atoms with Crippen LogP contribution in [0.1, 0.15) is 30.9 Å². The Hall–Kier alpha value is -2.78. The van der Waals surface area contributed by atoms with E-state index in [1.54, 1.807) is 30.3 Å². The van der Waals surface area contributed by atoms with Gasteiger partial charge in [0.25, 0.3) is 0 Å². The Morgan fingerprint density at radius 2 is 1.52 bits per heavy atom. The third kappa shape index (κ3) is 8.86. The van der Waals surface area contributed by atoms with E-state index < -0.39 is 28.5 Å². The van der Waals surface area contributed by atoms with Crippen molar-refractivity contribution in [1.82, 2.24) is 10.2 Å². The minimum Gasteiger partial charge on any atom is -0.354 e. The van der Waals surface area contributed by atoms with Crippen molar-refractivity contribution in [1.29, 1.82) is 0 Å². The van der Waals surface area contributed by atoms with E-state index in [9.17, 15) is 18.0 Å². The molecule has 3 aromatic carbocycles. The summed E-state index contributed by atoms with van der Waals surface area (Å²) < 4.78 is 26.6. The topological polar surface area (TPSA) is 86.8 Å². The minimum atomic E-state index is -3.88. The van der Waals surface area contributed by atoms with Gasteiger partial charge in [0.05, 0.1) is 11.9 Å². The Bertz CT molecular complexity index is 1380. The van der Waals surface area contributed by atoms with Gasteiger partial charge in [-0.25, -0.2) is 8.42 Å². The first-order valence-corrected chi connectivity index (χ1v) is 15.8. The van der Waals surface area contributed by atoms with Gasteiger partial charge in [-0.15, -0.1) is 0 Å². The molecule has 3 rings (SSSR count). The summed E-state index contributed by atoms with van der Waals surface area (Å²) in [5.74, 6) is -0.950. The van der Waals surface area contributed by atoms with E-state index in [1.807, 2.05) is 37.3 Å². The Morgan fingerprint density at radius 1 is 0.900 bits per heavy atom. The zero-order valence-corrected chi connectivity index (χ0v) is 25.4. The summed E-state index contributed by atoms with van der Waals surface area (Å²) in [4.78, 5) is 29.0. The maximum atomic E-state index is 14.1. The molecule has 3 aromatic rings. The lowest BCUT2D eigenvalue weighted by Gasteiger charge is -2.34. The number of carbonyl (C=O) groups is 2. The van der Waals surface area contributed by atoms with Crippen LogP contribution in [0.2, 0.25) is 15.1 Å². The average Bonchev–Trinajstić information content (AvgIpc) is 2.91. The molecule has 2 amide bonds. The highest BCUT2D eigenvalue weighted by Gasteiger charge is 2.33. The van der Waals surface area contributed by atoms with Crippen molar-refractivity contribution in [3.05, 3.63) is 99.0 Å². The number of benzene rings is 3. The van der Waals surface area contributed by atoms with Crippen LogP contribution >= 0.6 is 34.8 Å². The van der Waals surface area contributed by atoms with Crippen LogP contribution in [0.5, 0.6) is 0 Å². The Balaban J connectivity index is 2.07. The second-order valence-corrected chi connectivity index (χ2v) is 12.5. The van der Waals surface area contributed by atoms with Crippen molar-refractivity contribution in [2.75, 3.05) is 23.7 Å². The standard InChI is InChI=1S/C29H32Cl3N3O4S/c1-3-4-17-33-29(37)27(18-21-9-6-5-7-10-21)34(19-24-25(31)11-8-12-26(24)32)28(36)20-35(40(2,38)39)23-15-13-22(30)14-16-23/h5-16,27H,3-4,17-20H2,1-2H3,(H,33,37). The van der Waals surface area contributed by atoms with Crippen molar-refractivity contribution in [2.45, 2.75) is 38.8 Å². The van der Waals surface area contributed by atoms with Crippen molar-refractivity contribution in [3.63, 3.8) is 0 Å². The number of sulfonamides is 1. The Kier molecular flexibility index (Phi) is 11.7. The van der Waals surface area contributed by atoms with Gasteiger partial charge < -0.3 is 10.2 Å². The zero-order chi connectivity index (χ0) is 29.3. The molecule has 214 valence electrons. The number of hydrogen-bond donors (Lipinski definition) is 1. The van der Waals surface area contributed by atoms with Gasteiger partial charge in [0.2, 0.25) is 21.8 Å². The molecule has 1 N–H and O–H groups in total. The number of anilines is 1. The molecule has 0 bridgehead atoms. The summed E-state index contributed by atoms with van der Waals surface area (Å²) in [6, 6.07) is 19.4. The summed E-state index contributed by atoms with van der Waals surface area (Å²) in [7, 11) is -3.88. The predicted molar refractivity (Wildman–Crippen MR) is 163 cm³/mol. The molecule has 7 nitrogen and oxygen atoms in total. The first kappa shape index (κ1) is 31.7. The summed E-state index contributed by atoms with van der Waals surface area (Å²) in [5.41, 5.74) is 1.55. The minimum absolute atomic E-state index is 0.103. The summed E-state index contributed by atoms with van der Waals surface area (Å²) in [6.07, 6.45) is 2.87. The summed E-state index contributed by atoms with van der Waals surface area (Å²) >= 11 is 18.9. The second kappa shape index (κ2) is 14.7. The van der Waals surface area contributed by atoms with E-state index in [-0.39, 0.29) is 24.6 Å². The largest absolute Gasteiger partial charge is 0.354 e. The molecule has 40 heavy (non-hydrogen) atoms. The Labute approximate surface area is 251 Å². The van der Waals surface area contributed by atoms with Crippen LogP contribution in [0.15, 0.2) is 72.8 Å². The molecule has 1 unspecified atom stereocenters. The SMILES string of the molecule is CCCCNC(=O)C(Cc1ccccc1)N(Cc1c(Cl)cccc1Cl)C(=O)CN(c1ccc(Cl)cc1)S(C)(=O)=O. The monoisotopic (exact) mass is 623 g/mol. The molecule has 0 fully saturated rings. The van der Waals surface area contributed by atoms with Gasteiger partial charge in [-0.2, -0.15) is 0 Å². The maximum Gasteiger partial charge on any atom is 0.244 e. The first-order chi connectivity index (χ1) is 19.0. The van der Waals surface area contributed by atoms with E-state index in [0.717, 1.165) is 29.0 Å². The second-order valence-electron chi connectivity index (χ2n) is 9.32. The fraction of sp³-hybridized carbons (Fsp3) is 0.310. The summed E-state index contributed by atoms with van der Waals surface area (Å²) in [6.45, 7) is 1.81. The van der Waals surface area contributed by atoms with Crippen LogP contribution in [0.4, 0.5) is 5.69 Å². The molecule has 0 aliphatic heterocycles. The van der Waals surface area contributed by atoms with Crippen LogP contribution in [0.25, 0.3) is 0 Å². The highest BCUT2D eigenvalue weighted by molar-refractivity contribution is 7.92. The van der Waals surface area contributed by atoms with Gasteiger partial charge in [-0.3, -0.25) is 13.9 Å². The lowest BCUT2D eigenvalue weighted by molar-refractivity contribution is -0.140. The molecule has 0 aromatic heterocycles. The average molecular weight is 625 g/mol. The van der Waals surface area contributed by atoms with Crippen molar-refractivity contribution in [2.24, 2.45) is 0 Å². The van der Waals surface area contributed by atoms with Crippen molar-refractivity contribution in [3.8, 4) is 0 Å². The van der Waals surface area contributed by atoms with Gasteiger partial charge in [0.15, 0.2) is 0 Å². The van der Waals surface area contributed by atoms with Crippen molar-refractivity contribution >= 4 is 62.3 Å². The fourth-order valence-electron chi connectivity index (χ4n) is 4.13. The number of nitrogens with zero attached hydrogens (tertiary/aromatic N) is 2. The van der Waals surface area contributed by atoms with Crippen LogP contribution < -0.4 is 9.62 Å².